The van der Waals surface area contributed by atoms with Gasteiger partial charge in [0, 0.05) is 12.5 Å². The monoisotopic (exact) mass is 453 g/mol. The van der Waals surface area contributed by atoms with E-state index in [9.17, 15) is 19.5 Å². The van der Waals surface area contributed by atoms with Crippen LogP contribution in [-0.4, -0.2) is 67.3 Å². The molecule has 0 aromatic heterocycles. The molecule has 3 N–H and O–H groups in total. The predicted octanol–water partition coefficient (Wildman–Crippen LogP) is 2.82. The molecular formula is C25H31N3O5. The zero-order chi connectivity index (χ0) is 24.0. The number of ether oxygens (including phenoxy) is 1. The molecule has 0 spiro atoms. The standard InChI is InChI=1S/C25H31N3O5/c1-4-9-21(24(30)31)26-23(29)22(14-28(2)3)27-25(32)33-15-20-18-12-7-5-10-16(18)17-11-6-8-13-19(17)20/h5-8,10-13,20-22H,4,9,14-15H2,1-3H3,(H,26,29)(H,27,32)(H,30,31)/t21-,22?/m1/s1. The molecule has 0 radical (unpaired) electrons. The summed E-state index contributed by atoms with van der Waals surface area (Å²) in [6, 6.07) is 14.1. The number of carbonyl (C=O) groups excluding carboxylic acids is 2. The van der Waals surface area contributed by atoms with E-state index in [-0.39, 0.29) is 19.1 Å². The van der Waals surface area contributed by atoms with Crippen molar-refractivity contribution in [2.24, 2.45) is 0 Å². The van der Waals surface area contributed by atoms with Crippen molar-refractivity contribution in [3.05, 3.63) is 59.7 Å². The Morgan fingerprint density at radius 3 is 2.06 bits per heavy atom. The highest BCUT2D eigenvalue weighted by Crippen LogP contribution is 2.44. The largest absolute Gasteiger partial charge is 0.480 e. The Kier molecular flexibility index (Phi) is 8.06. The maximum atomic E-state index is 12.7. The van der Waals surface area contributed by atoms with E-state index in [0.717, 1.165) is 22.3 Å². The Hall–Kier alpha value is -3.39. The van der Waals surface area contributed by atoms with E-state index in [0.29, 0.717) is 12.8 Å². The van der Waals surface area contributed by atoms with Crippen LogP contribution in [0, 0.1) is 0 Å². The minimum Gasteiger partial charge on any atom is -0.480 e. The number of alkyl carbamates (subject to hydrolysis) is 1. The molecule has 0 saturated carbocycles. The number of rotatable bonds is 10. The first kappa shape index (κ1) is 24.3. The number of fused-ring (bicyclic) bond motifs is 3. The second-order valence-electron chi connectivity index (χ2n) is 8.47. The van der Waals surface area contributed by atoms with Crippen molar-refractivity contribution in [1.29, 1.82) is 0 Å². The van der Waals surface area contributed by atoms with Gasteiger partial charge in [-0.15, -0.1) is 0 Å². The molecule has 0 bridgehead atoms. The number of carbonyl (C=O) groups is 3. The highest BCUT2D eigenvalue weighted by atomic mass is 16.5. The third kappa shape index (κ3) is 5.90. The first-order valence-electron chi connectivity index (χ1n) is 11.1. The second-order valence-corrected chi connectivity index (χ2v) is 8.47. The summed E-state index contributed by atoms with van der Waals surface area (Å²) in [5.41, 5.74) is 4.45. The Morgan fingerprint density at radius 2 is 1.55 bits per heavy atom. The fraction of sp³-hybridized carbons (Fsp3) is 0.400. The molecule has 1 aliphatic carbocycles. The number of nitrogens with one attached hydrogen (secondary N) is 2. The predicted molar refractivity (Wildman–Crippen MR) is 125 cm³/mol. The highest BCUT2D eigenvalue weighted by Gasteiger charge is 2.30. The molecular weight excluding hydrogens is 422 g/mol. The van der Waals surface area contributed by atoms with Crippen molar-refractivity contribution in [2.75, 3.05) is 27.2 Å². The SMILES string of the molecule is CCC[C@@H](NC(=O)C(CN(C)C)NC(=O)OCC1c2ccccc2-c2ccccc21)C(=O)O. The average molecular weight is 454 g/mol. The molecule has 8 heteroatoms. The van der Waals surface area contributed by atoms with Gasteiger partial charge in [-0.2, -0.15) is 0 Å². The van der Waals surface area contributed by atoms with Crippen LogP contribution in [0.25, 0.3) is 11.1 Å². The molecule has 1 unspecified atom stereocenters. The van der Waals surface area contributed by atoms with Crippen LogP contribution in [0.2, 0.25) is 0 Å². The summed E-state index contributed by atoms with van der Waals surface area (Å²) < 4.78 is 5.54. The first-order chi connectivity index (χ1) is 15.8. The smallest absolute Gasteiger partial charge is 0.407 e. The lowest BCUT2D eigenvalue weighted by Crippen LogP contribution is -2.55. The van der Waals surface area contributed by atoms with Crippen molar-refractivity contribution < 1.29 is 24.2 Å². The van der Waals surface area contributed by atoms with Crippen molar-refractivity contribution >= 4 is 18.0 Å². The van der Waals surface area contributed by atoms with Crippen LogP contribution in [-0.2, 0) is 14.3 Å². The topological polar surface area (TPSA) is 108 Å². The van der Waals surface area contributed by atoms with Gasteiger partial charge in [0.2, 0.25) is 5.91 Å². The number of hydrogen-bond acceptors (Lipinski definition) is 5. The van der Waals surface area contributed by atoms with Gasteiger partial charge in [-0.05, 0) is 42.8 Å². The van der Waals surface area contributed by atoms with Crippen molar-refractivity contribution in [1.82, 2.24) is 15.5 Å². The van der Waals surface area contributed by atoms with E-state index >= 15 is 0 Å². The minimum absolute atomic E-state index is 0.0924. The summed E-state index contributed by atoms with van der Waals surface area (Å²) in [6.45, 7) is 2.17. The van der Waals surface area contributed by atoms with Crippen LogP contribution in [0.15, 0.2) is 48.5 Å². The van der Waals surface area contributed by atoms with E-state index < -0.39 is 30.1 Å². The van der Waals surface area contributed by atoms with Crippen molar-refractivity contribution in [3.63, 3.8) is 0 Å². The fourth-order valence-electron chi connectivity index (χ4n) is 4.16. The molecule has 0 aliphatic heterocycles. The number of carboxylic acid groups (broad SMARTS) is 1. The van der Waals surface area contributed by atoms with E-state index in [1.165, 1.54) is 0 Å². The third-order valence-electron chi connectivity index (χ3n) is 5.69. The Morgan fingerprint density at radius 1 is 0.970 bits per heavy atom. The maximum Gasteiger partial charge on any atom is 0.407 e. The summed E-state index contributed by atoms with van der Waals surface area (Å²) in [4.78, 5) is 38.5. The normalized spacial score (nSPS) is 14.2. The van der Waals surface area contributed by atoms with Crippen LogP contribution in [0.1, 0.15) is 36.8 Å². The van der Waals surface area contributed by atoms with Gasteiger partial charge in [0.05, 0.1) is 0 Å². The number of aliphatic carboxylic acids is 1. The second kappa shape index (κ2) is 11.0. The highest BCUT2D eigenvalue weighted by molar-refractivity contribution is 5.89. The summed E-state index contributed by atoms with van der Waals surface area (Å²) >= 11 is 0. The third-order valence-corrected chi connectivity index (χ3v) is 5.69. The maximum absolute atomic E-state index is 12.7. The molecule has 2 aromatic rings. The van der Waals surface area contributed by atoms with Crippen LogP contribution in [0.3, 0.4) is 0 Å². The fourth-order valence-corrected chi connectivity index (χ4v) is 4.16. The minimum atomic E-state index is -1.10. The molecule has 3 rings (SSSR count). The van der Waals surface area contributed by atoms with Crippen molar-refractivity contribution in [2.45, 2.75) is 37.8 Å². The van der Waals surface area contributed by atoms with Crippen LogP contribution < -0.4 is 10.6 Å². The molecule has 0 saturated heterocycles. The van der Waals surface area contributed by atoms with Gasteiger partial charge in [-0.1, -0.05) is 61.9 Å². The van der Waals surface area contributed by atoms with Crippen LogP contribution in [0.4, 0.5) is 4.79 Å². The van der Waals surface area contributed by atoms with Gasteiger partial charge < -0.3 is 25.4 Å². The number of likely N-dealkylation sites (N-methyl/N-ethyl adjacent to an activating group) is 1. The Labute approximate surface area is 193 Å². The van der Waals surface area contributed by atoms with Crippen LogP contribution in [0.5, 0.6) is 0 Å². The lowest BCUT2D eigenvalue weighted by atomic mass is 9.98. The molecule has 2 amide bonds. The molecule has 33 heavy (non-hydrogen) atoms. The zero-order valence-corrected chi connectivity index (χ0v) is 19.2. The van der Waals surface area contributed by atoms with E-state index in [1.54, 1.807) is 19.0 Å². The van der Waals surface area contributed by atoms with Gasteiger partial charge in [0.15, 0.2) is 0 Å². The zero-order valence-electron chi connectivity index (χ0n) is 19.2. The summed E-state index contributed by atoms with van der Waals surface area (Å²) in [6.07, 6.45) is 0.192. The first-order valence-corrected chi connectivity index (χ1v) is 11.1. The molecule has 176 valence electrons. The van der Waals surface area contributed by atoms with Gasteiger partial charge >= 0.3 is 12.1 Å². The van der Waals surface area contributed by atoms with E-state index in [1.807, 2.05) is 43.3 Å². The molecule has 8 nitrogen and oxygen atoms in total. The summed E-state index contributed by atoms with van der Waals surface area (Å²) in [5, 5.41) is 14.4. The number of nitrogens with zero attached hydrogens (tertiary/aromatic N) is 1. The van der Waals surface area contributed by atoms with Crippen molar-refractivity contribution in [3.8, 4) is 11.1 Å². The summed E-state index contributed by atoms with van der Waals surface area (Å²) in [7, 11) is 3.53. The van der Waals surface area contributed by atoms with Gasteiger partial charge in [-0.3, -0.25) is 4.79 Å². The molecule has 1 aliphatic rings. The molecule has 0 heterocycles. The molecule has 2 atom stereocenters. The van der Waals surface area contributed by atoms with Gasteiger partial charge in [-0.25, -0.2) is 9.59 Å². The van der Waals surface area contributed by atoms with Crippen LogP contribution >= 0.6 is 0 Å². The lowest BCUT2D eigenvalue weighted by molar-refractivity contribution is -0.142. The Bertz CT molecular complexity index is 962. The number of carboxylic acids is 1. The number of benzene rings is 2. The van der Waals surface area contributed by atoms with E-state index in [2.05, 4.69) is 22.8 Å². The number of amides is 2. The van der Waals surface area contributed by atoms with Gasteiger partial charge in [0.25, 0.3) is 0 Å². The quantitative estimate of drug-likeness (QED) is 0.511. The number of hydrogen-bond donors (Lipinski definition) is 3. The average Bonchev–Trinajstić information content (AvgIpc) is 3.10. The summed E-state index contributed by atoms with van der Waals surface area (Å²) in [5.74, 6) is -1.75. The lowest BCUT2D eigenvalue weighted by Gasteiger charge is -2.24. The van der Waals surface area contributed by atoms with E-state index in [4.69, 9.17) is 4.74 Å². The van der Waals surface area contributed by atoms with Gasteiger partial charge in [0.1, 0.15) is 18.7 Å². The molecule has 0 fully saturated rings. The Balaban J connectivity index is 1.66. The molecule has 2 aromatic carbocycles.